The molecule has 0 bridgehead atoms. The molecule has 21 heavy (non-hydrogen) atoms. The largest absolute Gasteiger partial charge is 0.371 e. The van der Waals surface area contributed by atoms with Gasteiger partial charge in [0.1, 0.15) is 5.54 Å². The quantitative estimate of drug-likeness (QED) is 0.887. The molecule has 1 aliphatic carbocycles. The summed E-state index contributed by atoms with van der Waals surface area (Å²) in [5, 5.41) is 3.50. The normalized spacial score (nSPS) is 26.4. The number of primary amides is 1. The van der Waals surface area contributed by atoms with Gasteiger partial charge in [-0.2, -0.15) is 0 Å². The van der Waals surface area contributed by atoms with Crippen LogP contribution in [0.5, 0.6) is 0 Å². The van der Waals surface area contributed by atoms with E-state index in [4.69, 9.17) is 5.73 Å². The van der Waals surface area contributed by atoms with E-state index in [1.54, 1.807) is 0 Å². The second-order valence-corrected chi connectivity index (χ2v) is 7.49. The summed E-state index contributed by atoms with van der Waals surface area (Å²) < 4.78 is 0. The monoisotopic (exact) mass is 288 g/mol. The van der Waals surface area contributed by atoms with Crippen LogP contribution in [0.4, 0.5) is 5.69 Å². The number of nitrogens with one attached hydrogen (secondary N) is 1. The van der Waals surface area contributed by atoms with Gasteiger partial charge in [-0.25, -0.2) is 0 Å². The van der Waals surface area contributed by atoms with Crippen LogP contribution in [0, 0.1) is 18.3 Å². The molecule has 116 valence electrons. The van der Waals surface area contributed by atoms with Crippen LogP contribution in [-0.2, 0) is 4.79 Å². The summed E-state index contributed by atoms with van der Waals surface area (Å²) in [5.41, 5.74) is 7.48. The molecule has 0 radical (unpaired) electrons. The Morgan fingerprint density at radius 2 is 1.86 bits per heavy atom. The Labute approximate surface area is 128 Å². The van der Waals surface area contributed by atoms with Crippen molar-refractivity contribution in [3.63, 3.8) is 0 Å². The molecule has 1 aromatic carbocycles. The van der Waals surface area contributed by atoms with Crippen LogP contribution in [-0.4, -0.2) is 11.4 Å². The van der Waals surface area contributed by atoms with Gasteiger partial charge in [0.05, 0.1) is 0 Å². The van der Waals surface area contributed by atoms with Crippen molar-refractivity contribution in [3.05, 3.63) is 29.8 Å². The Balaban J connectivity index is 2.38. The van der Waals surface area contributed by atoms with Crippen LogP contribution < -0.4 is 11.1 Å². The molecule has 0 aromatic heterocycles. The van der Waals surface area contributed by atoms with Gasteiger partial charge >= 0.3 is 0 Å². The van der Waals surface area contributed by atoms with Gasteiger partial charge < -0.3 is 11.1 Å². The fourth-order valence-electron chi connectivity index (χ4n) is 3.75. The molecule has 3 N–H and O–H groups in total. The molecular formula is C18H28N2O. The van der Waals surface area contributed by atoms with E-state index >= 15 is 0 Å². The third-order valence-corrected chi connectivity index (χ3v) is 4.81. The van der Waals surface area contributed by atoms with Crippen LogP contribution in [0.3, 0.4) is 0 Å². The molecule has 0 aliphatic heterocycles. The molecule has 3 heteroatoms. The van der Waals surface area contributed by atoms with Gasteiger partial charge in [0.2, 0.25) is 5.91 Å². The number of rotatable bonds is 3. The van der Waals surface area contributed by atoms with Crippen molar-refractivity contribution in [2.24, 2.45) is 17.1 Å². The Bertz CT molecular complexity index is 501. The SMILES string of the molecule is Cc1ccc(NC2(C(N)=O)CCCCC2C(C)(C)C)cc1. The van der Waals surface area contributed by atoms with Gasteiger partial charge in [0.25, 0.3) is 0 Å². The zero-order chi connectivity index (χ0) is 15.7. The molecule has 1 saturated carbocycles. The van der Waals surface area contributed by atoms with Gasteiger partial charge in [-0.15, -0.1) is 0 Å². The number of aryl methyl sites for hydroxylation is 1. The molecule has 1 aromatic rings. The maximum atomic E-state index is 12.4. The van der Waals surface area contributed by atoms with Crippen molar-refractivity contribution >= 4 is 11.6 Å². The van der Waals surface area contributed by atoms with Crippen molar-refractivity contribution in [3.8, 4) is 0 Å². The molecule has 0 spiro atoms. The summed E-state index contributed by atoms with van der Waals surface area (Å²) in [6.07, 6.45) is 4.09. The Morgan fingerprint density at radius 1 is 1.24 bits per heavy atom. The molecule has 2 atom stereocenters. The minimum Gasteiger partial charge on any atom is -0.371 e. The molecule has 2 unspecified atom stereocenters. The van der Waals surface area contributed by atoms with Crippen LogP contribution in [0.2, 0.25) is 0 Å². The van der Waals surface area contributed by atoms with Crippen molar-refractivity contribution in [1.29, 1.82) is 0 Å². The van der Waals surface area contributed by atoms with E-state index in [2.05, 4.69) is 45.1 Å². The van der Waals surface area contributed by atoms with Gasteiger partial charge in [-0.3, -0.25) is 4.79 Å². The lowest BCUT2D eigenvalue weighted by molar-refractivity contribution is -0.127. The average Bonchev–Trinajstić information content (AvgIpc) is 2.40. The topological polar surface area (TPSA) is 55.1 Å². The van der Waals surface area contributed by atoms with Crippen molar-refractivity contribution in [1.82, 2.24) is 0 Å². The molecule has 3 nitrogen and oxygen atoms in total. The summed E-state index contributed by atoms with van der Waals surface area (Å²) in [4.78, 5) is 12.4. The summed E-state index contributed by atoms with van der Waals surface area (Å²) in [6.45, 7) is 8.68. The smallest absolute Gasteiger partial charge is 0.243 e. The van der Waals surface area contributed by atoms with Gasteiger partial charge in [-0.1, -0.05) is 51.3 Å². The number of carbonyl (C=O) groups is 1. The van der Waals surface area contributed by atoms with E-state index < -0.39 is 5.54 Å². The summed E-state index contributed by atoms with van der Waals surface area (Å²) in [7, 11) is 0. The lowest BCUT2D eigenvalue weighted by Gasteiger charge is -2.49. The number of carbonyl (C=O) groups excluding carboxylic acids is 1. The first-order valence-electron chi connectivity index (χ1n) is 7.90. The standard InChI is InChI=1S/C18H28N2O/c1-13-8-10-14(11-9-13)20-18(16(19)21)12-6-5-7-15(18)17(2,3)4/h8-11,15,20H,5-7,12H2,1-4H3,(H2,19,21). The molecule has 1 aliphatic rings. The third-order valence-electron chi connectivity index (χ3n) is 4.81. The highest BCUT2D eigenvalue weighted by Crippen LogP contribution is 2.46. The predicted molar refractivity (Wildman–Crippen MR) is 88.1 cm³/mol. The van der Waals surface area contributed by atoms with E-state index in [1.165, 1.54) is 12.0 Å². The number of amides is 1. The molecule has 1 fully saturated rings. The van der Waals surface area contributed by atoms with Crippen LogP contribution in [0.15, 0.2) is 24.3 Å². The van der Waals surface area contributed by atoms with Crippen molar-refractivity contribution < 1.29 is 4.79 Å². The number of hydrogen-bond acceptors (Lipinski definition) is 2. The van der Waals surface area contributed by atoms with Crippen molar-refractivity contribution in [2.45, 2.75) is 58.9 Å². The third kappa shape index (κ3) is 3.22. The molecular weight excluding hydrogens is 260 g/mol. The highest BCUT2D eigenvalue weighted by atomic mass is 16.1. The number of hydrogen-bond donors (Lipinski definition) is 2. The fraction of sp³-hybridized carbons (Fsp3) is 0.611. The molecule has 1 amide bonds. The highest BCUT2D eigenvalue weighted by Gasteiger charge is 2.50. The minimum absolute atomic E-state index is 0.0488. The van der Waals surface area contributed by atoms with E-state index in [1.807, 2.05) is 12.1 Å². The Kier molecular flexibility index (Phi) is 4.31. The van der Waals surface area contributed by atoms with Gasteiger partial charge in [0, 0.05) is 5.69 Å². The predicted octanol–water partition coefficient (Wildman–Crippen LogP) is 3.87. The van der Waals surface area contributed by atoms with Crippen molar-refractivity contribution in [2.75, 3.05) is 5.32 Å². The lowest BCUT2D eigenvalue weighted by atomic mass is 9.61. The minimum atomic E-state index is -0.633. The second kappa shape index (κ2) is 5.70. The first-order valence-corrected chi connectivity index (χ1v) is 7.90. The highest BCUT2D eigenvalue weighted by molar-refractivity contribution is 5.88. The maximum Gasteiger partial charge on any atom is 0.243 e. The molecule has 0 heterocycles. The van der Waals surface area contributed by atoms with E-state index in [0.717, 1.165) is 24.9 Å². The second-order valence-electron chi connectivity index (χ2n) is 7.49. The summed E-state index contributed by atoms with van der Waals surface area (Å²) >= 11 is 0. The summed E-state index contributed by atoms with van der Waals surface area (Å²) in [6, 6.07) is 8.20. The number of anilines is 1. The first-order chi connectivity index (χ1) is 9.75. The zero-order valence-electron chi connectivity index (χ0n) is 13.7. The Morgan fingerprint density at radius 3 is 2.38 bits per heavy atom. The summed E-state index contributed by atoms with van der Waals surface area (Å²) in [5.74, 6) is 0.0280. The van der Waals surface area contributed by atoms with Crippen LogP contribution in [0.25, 0.3) is 0 Å². The van der Waals surface area contributed by atoms with Gasteiger partial charge in [-0.05, 0) is 43.2 Å². The maximum absolute atomic E-state index is 12.4. The Hall–Kier alpha value is -1.51. The molecule has 0 saturated heterocycles. The number of nitrogens with two attached hydrogens (primary N) is 1. The zero-order valence-corrected chi connectivity index (χ0v) is 13.7. The lowest BCUT2D eigenvalue weighted by Crippen LogP contribution is -2.60. The van der Waals surface area contributed by atoms with Crippen LogP contribution >= 0.6 is 0 Å². The fourth-order valence-corrected chi connectivity index (χ4v) is 3.75. The van der Waals surface area contributed by atoms with E-state index in [9.17, 15) is 4.79 Å². The first kappa shape index (κ1) is 15.9. The molecule has 2 rings (SSSR count). The van der Waals surface area contributed by atoms with E-state index in [0.29, 0.717) is 0 Å². The number of benzene rings is 1. The van der Waals surface area contributed by atoms with E-state index in [-0.39, 0.29) is 17.2 Å². The van der Waals surface area contributed by atoms with Crippen LogP contribution in [0.1, 0.15) is 52.0 Å². The average molecular weight is 288 g/mol. The van der Waals surface area contributed by atoms with Gasteiger partial charge in [0.15, 0.2) is 0 Å².